The molecule has 0 radical (unpaired) electrons. The first-order valence-electron chi connectivity index (χ1n) is 12.6. The zero-order valence-electron chi connectivity index (χ0n) is 22.9. The number of likely N-dealkylation sites (N-methyl/N-ethyl adjacent to an activating group) is 1. The zero-order valence-corrected chi connectivity index (χ0v) is 23.7. The number of alkyl halides is 3. The van der Waals surface area contributed by atoms with E-state index in [1.807, 2.05) is 7.05 Å². The lowest BCUT2D eigenvalue weighted by Gasteiger charge is -2.27. The maximum absolute atomic E-state index is 13.3. The van der Waals surface area contributed by atoms with Gasteiger partial charge in [-0.05, 0) is 48.9 Å². The van der Waals surface area contributed by atoms with E-state index in [-0.39, 0.29) is 23.1 Å². The number of nitrogens with one attached hydrogen (secondary N) is 2. The van der Waals surface area contributed by atoms with Gasteiger partial charge in [0.15, 0.2) is 5.75 Å². The van der Waals surface area contributed by atoms with E-state index >= 15 is 0 Å². The molecule has 1 aliphatic heterocycles. The Hall–Kier alpha value is -4.50. The number of rotatable bonds is 8. The molecule has 2 aromatic heterocycles. The minimum absolute atomic E-state index is 0.0298. The van der Waals surface area contributed by atoms with E-state index in [4.69, 9.17) is 0 Å². The van der Waals surface area contributed by atoms with Gasteiger partial charge >= 0.3 is 6.36 Å². The first-order valence-corrected chi connectivity index (χ1v) is 14.5. The van der Waals surface area contributed by atoms with Gasteiger partial charge in [0, 0.05) is 44.3 Å². The summed E-state index contributed by atoms with van der Waals surface area (Å²) in [7, 11) is -0.387. The average Bonchev–Trinajstić information content (AvgIpc) is 2.92. The number of anilines is 5. The molecule has 11 nitrogen and oxygen atoms in total. The fourth-order valence-electron chi connectivity index (χ4n) is 4.59. The maximum atomic E-state index is 13.3. The van der Waals surface area contributed by atoms with Gasteiger partial charge in [-0.25, -0.2) is 13.4 Å². The molecule has 0 saturated heterocycles. The van der Waals surface area contributed by atoms with Crippen LogP contribution in [0.15, 0.2) is 49.4 Å². The van der Waals surface area contributed by atoms with Gasteiger partial charge in [-0.15, -0.1) is 13.2 Å². The summed E-state index contributed by atoms with van der Waals surface area (Å²) >= 11 is 0. The highest BCUT2D eigenvalue weighted by atomic mass is 32.2. The van der Waals surface area contributed by atoms with Crippen LogP contribution in [0.2, 0.25) is 0 Å². The van der Waals surface area contributed by atoms with Gasteiger partial charge in [0.05, 0.1) is 23.1 Å². The SMILES string of the molecule is C=Cc1cnc(Nc2cc3c(cc2OC(F)(F)F)CCN(C)C3)nc1Nc1ccc2nccnc2c1N(C)S(C)(=O)=O. The van der Waals surface area contributed by atoms with Gasteiger partial charge in [-0.2, -0.15) is 4.98 Å². The molecule has 42 heavy (non-hydrogen) atoms. The van der Waals surface area contributed by atoms with Crippen molar-refractivity contribution in [2.24, 2.45) is 0 Å². The monoisotopic (exact) mass is 600 g/mol. The van der Waals surface area contributed by atoms with Crippen LogP contribution in [-0.2, 0) is 23.0 Å². The second-order valence-electron chi connectivity index (χ2n) is 9.72. The van der Waals surface area contributed by atoms with Crippen LogP contribution in [-0.4, -0.2) is 66.5 Å². The summed E-state index contributed by atoms with van der Waals surface area (Å²) in [6.07, 6.45) is 2.60. The first-order chi connectivity index (χ1) is 19.8. The van der Waals surface area contributed by atoms with Gasteiger partial charge in [-0.3, -0.25) is 14.3 Å². The van der Waals surface area contributed by atoms with E-state index in [0.717, 1.165) is 21.7 Å². The molecule has 3 heterocycles. The maximum Gasteiger partial charge on any atom is 0.573 e. The van der Waals surface area contributed by atoms with E-state index in [0.29, 0.717) is 41.8 Å². The molecule has 2 N–H and O–H groups in total. The molecule has 0 bridgehead atoms. The molecule has 0 fully saturated rings. The normalized spacial score (nSPS) is 13.9. The largest absolute Gasteiger partial charge is 0.573 e. The fraction of sp³-hybridized carbons (Fsp3) is 0.259. The molecule has 0 spiro atoms. The van der Waals surface area contributed by atoms with E-state index < -0.39 is 22.1 Å². The summed E-state index contributed by atoms with van der Waals surface area (Å²) in [5.74, 6) is -0.218. The molecule has 15 heteroatoms. The Morgan fingerprint density at radius 2 is 1.86 bits per heavy atom. The standard InChI is InChI=1S/C27H27F3N8O3S/c1-5-16-14-33-26(35-21-12-18-15-37(2)11-8-17(18)13-22(21)41-27(28,29)30)36-25(16)34-20-7-6-19-23(32-10-9-31-19)24(20)38(3)42(4,39)40/h5-7,9-10,12-14H,1,8,11,15H2,2-4H3,(H2,33,34,35,36). The average molecular weight is 601 g/mol. The minimum atomic E-state index is -4.91. The van der Waals surface area contributed by atoms with Crippen LogP contribution in [0.25, 0.3) is 17.1 Å². The highest BCUT2D eigenvalue weighted by Gasteiger charge is 2.33. The number of nitrogens with zero attached hydrogens (tertiary/aromatic N) is 6. The van der Waals surface area contributed by atoms with Crippen LogP contribution in [0.5, 0.6) is 5.75 Å². The van der Waals surface area contributed by atoms with Crippen molar-refractivity contribution in [1.29, 1.82) is 0 Å². The van der Waals surface area contributed by atoms with Crippen molar-refractivity contribution in [3.63, 3.8) is 0 Å². The Bertz CT molecular complexity index is 1780. The van der Waals surface area contributed by atoms with Crippen molar-refractivity contribution in [2.75, 3.05) is 41.8 Å². The number of hydrogen-bond acceptors (Lipinski definition) is 10. The van der Waals surface area contributed by atoms with E-state index in [1.54, 1.807) is 18.2 Å². The Balaban J connectivity index is 1.56. The third-order valence-corrected chi connectivity index (χ3v) is 7.87. The Morgan fingerprint density at radius 3 is 2.57 bits per heavy atom. The summed E-state index contributed by atoms with van der Waals surface area (Å²) < 4.78 is 70.3. The molecule has 4 aromatic rings. The van der Waals surface area contributed by atoms with Gasteiger partial charge in [0.2, 0.25) is 16.0 Å². The topological polar surface area (TPSA) is 125 Å². The van der Waals surface area contributed by atoms with E-state index in [1.165, 1.54) is 37.8 Å². The number of sulfonamides is 1. The summed E-state index contributed by atoms with van der Waals surface area (Å²) in [5, 5.41) is 5.98. The number of aromatic nitrogens is 4. The van der Waals surface area contributed by atoms with Crippen molar-refractivity contribution in [2.45, 2.75) is 19.3 Å². The second kappa shape index (κ2) is 11.1. The zero-order chi connectivity index (χ0) is 30.2. The summed E-state index contributed by atoms with van der Waals surface area (Å²) in [4.78, 5) is 19.4. The summed E-state index contributed by atoms with van der Waals surface area (Å²) in [6, 6.07) is 6.29. The smallest absolute Gasteiger partial charge is 0.404 e. The van der Waals surface area contributed by atoms with Crippen molar-refractivity contribution < 1.29 is 26.3 Å². The van der Waals surface area contributed by atoms with Gasteiger partial charge in [-0.1, -0.05) is 12.7 Å². The van der Waals surface area contributed by atoms with Gasteiger partial charge < -0.3 is 20.3 Å². The Morgan fingerprint density at radius 1 is 1.10 bits per heavy atom. The van der Waals surface area contributed by atoms with Gasteiger partial charge in [0.1, 0.15) is 17.0 Å². The van der Waals surface area contributed by atoms with Crippen LogP contribution in [0.4, 0.5) is 42.0 Å². The quantitative estimate of drug-likeness (QED) is 0.290. The molecule has 0 amide bonds. The minimum Gasteiger partial charge on any atom is -0.404 e. The summed E-state index contributed by atoms with van der Waals surface area (Å²) in [6.45, 7) is 5.05. The third kappa shape index (κ3) is 6.21. The molecule has 0 saturated carbocycles. The van der Waals surface area contributed by atoms with E-state index in [9.17, 15) is 21.6 Å². The van der Waals surface area contributed by atoms with Crippen LogP contribution in [0, 0.1) is 0 Å². The molecule has 0 aliphatic carbocycles. The third-order valence-electron chi connectivity index (χ3n) is 6.69. The highest BCUT2D eigenvalue weighted by molar-refractivity contribution is 7.92. The van der Waals surface area contributed by atoms with Crippen molar-refractivity contribution in [3.8, 4) is 5.75 Å². The Labute approximate surface area is 240 Å². The molecule has 0 unspecified atom stereocenters. The number of benzene rings is 2. The van der Waals surface area contributed by atoms with Crippen molar-refractivity contribution in [1.82, 2.24) is 24.8 Å². The lowest BCUT2D eigenvalue weighted by molar-refractivity contribution is -0.274. The van der Waals surface area contributed by atoms with Crippen molar-refractivity contribution in [3.05, 3.63) is 66.1 Å². The number of ether oxygens (including phenoxy) is 1. The molecular weight excluding hydrogens is 573 g/mol. The number of hydrogen-bond donors (Lipinski definition) is 2. The Kier molecular flexibility index (Phi) is 7.64. The first kappa shape index (κ1) is 29.0. The van der Waals surface area contributed by atoms with Crippen LogP contribution >= 0.6 is 0 Å². The number of halogens is 3. The molecule has 2 aromatic carbocycles. The lowest BCUT2D eigenvalue weighted by atomic mass is 9.99. The van der Waals surface area contributed by atoms with Crippen LogP contribution < -0.4 is 19.7 Å². The molecular formula is C27H27F3N8O3S. The predicted molar refractivity (Wildman–Crippen MR) is 155 cm³/mol. The molecule has 0 atom stereocenters. The fourth-order valence-corrected chi connectivity index (χ4v) is 5.11. The lowest BCUT2D eigenvalue weighted by Crippen LogP contribution is -2.27. The molecule has 1 aliphatic rings. The van der Waals surface area contributed by atoms with Crippen LogP contribution in [0.1, 0.15) is 16.7 Å². The number of fused-ring (bicyclic) bond motifs is 2. The second-order valence-corrected chi connectivity index (χ2v) is 11.7. The van der Waals surface area contributed by atoms with Crippen molar-refractivity contribution >= 4 is 56.0 Å². The van der Waals surface area contributed by atoms with E-state index in [2.05, 4.69) is 46.8 Å². The molecule has 5 rings (SSSR count). The molecule has 220 valence electrons. The van der Waals surface area contributed by atoms with Gasteiger partial charge in [0.25, 0.3) is 0 Å². The predicted octanol–water partition coefficient (Wildman–Crippen LogP) is 4.83. The summed E-state index contributed by atoms with van der Waals surface area (Å²) in [5.41, 5.74) is 3.47. The highest BCUT2D eigenvalue weighted by Crippen LogP contribution is 2.38. The van der Waals surface area contributed by atoms with Crippen LogP contribution in [0.3, 0.4) is 0 Å².